The van der Waals surface area contributed by atoms with E-state index in [0.29, 0.717) is 24.5 Å². The number of likely N-dealkylation sites (N-methyl/N-ethyl adjacent to an activating group) is 1. The molecule has 0 aliphatic heterocycles. The molecule has 0 saturated heterocycles. The normalized spacial score (nSPS) is 10.8. The van der Waals surface area contributed by atoms with E-state index in [1.54, 1.807) is 18.2 Å². The van der Waals surface area contributed by atoms with Gasteiger partial charge in [-0.15, -0.1) is 0 Å². The summed E-state index contributed by atoms with van der Waals surface area (Å²) in [6, 6.07) is 12.7. The van der Waals surface area contributed by atoms with Crippen molar-refractivity contribution < 1.29 is 14.3 Å². The number of carbonyl (C=O) groups excluding carboxylic acids is 2. The van der Waals surface area contributed by atoms with Crippen LogP contribution in [-0.4, -0.2) is 49.0 Å². The average molecular weight is 339 g/mol. The first-order valence-electron chi connectivity index (χ1n) is 7.86. The van der Waals surface area contributed by atoms with Crippen molar-refractivity contribution in [1.29, 1.82) is 0 Å². The number of carbonyl (C=O) groups is 2. The Morgan fingerprint density at radius 2 is 1.92 bits per heavy atom. The fraction of sp³-hybridized carbons (Fsp3) is 0.211. The summed E-state index contributed by atoms with van der Waals surface area (Å²) in [7, 11) is 3.79. The molecule has 0 spiro atoms. The molecule has 6 nitrogen and oxygen atoms in total. The molecule has 1 N–H and O–H groups in total. The summed E-state index contributed by atoms with van der Waals surface area (Å²) in [6.45, 7) is 0.944. The zero-order chi connectivity index (χ0) is 18.1. The van der Waals surface area contributed by atoms with Gasteiger partial charge in [0.1, 0.15) is 12.3 Å². The van der Waals surface area contributed by atoms with Crippen LogP contribution in [0.3, 0.4) is 0 Å². The second-order valence-corrected chi connectivity index (χ2v) is 5.60. The predicted molar refractivity (Wildman–Crippen MR) is 97.6 cm³/mol. The van der Waals surface area contributed by atoms with E-state index in [0.717, 1.165) is 5.56 Å². The van der Waals surface area contributed by atoms with Crippen LogP contribution < -0.4 is 5.32 Å². The smallest absolute Gasteiger partial charge is 0.411 e. The highest BCUT2D eigenvalue weighted by Gasteiger charge is 2.06. The lowest BCUT2D eigenvalue weighted by Crippen LogP contribution is -2.22. The number of nitrogens with one attached hydrogen (secondary N) is 1. The molecule has 0 aliphatic carbocycles. The molecule has 0 atom stereocenters. The van der Waals surface area contributed by atoms with E-state index in [2.05, 4.69) is 10.3 Å². The van der Waals surface area contributed by atoms with Gasteiger partial charge in [0.15, 0.2) is 0 Å². The van der Waals surface area contributed by atoms with E-state index in [-0.39, 0.29) is 5.78 Å². The standard InChI is InChI=1S/C19H21N3O3/c1-22(2)12-13-25-19(24)21-16-9-10-17(20-14-16)18(23)11-8-15-6-4-3-5-7-15/h3-11,14H,12-13H2,1-2H3,(H,21,24)/b11-8+. The van der Waals surface area contributed by atoms with Gasteiger partial charge in [0.25, 0.3) is 0 Å². The van der Waals surface area contributed by atoms with Crippen molar-refractivity contribution in [2.75, 3.05) is 32.6 Å². The molecule has 0 fully saturated rings. The number of ketones is 1. The Bertz CT molecular complexity index is 725. The topological polar surface area (TPSA) is 71.5 Å². The second kappa shape index (κ2) is 9.34. The van der Waals surface area contributed by atoms with Gasteiger partial charge in [-0.2, -0.15) is 0 Å². The highest BCUT2D eigenvalue weighted by atomic mass is 16.5. The van der Waals surface area contributed by atoms with Crippen molar-refractivity contribution >= 4 is 23.6 Å². The lowest BCUT2D eigenvalue weighted by Gasteiger charge is -2.10. The van der Waals surface area contributed by atoms with E-state index in [1.165, 1.54) is 12.3 Å². The maximum atomic E-state index is 12.1. The van der Waals surface area contributed by atoms with Crippen molar-refractivity contribution in [2.45, 2.75) is 0 Å². The number of rotatable bonds is 7. The summed E-state index contributed by atoms with van der Waals surface area (Å²) in [4.78, 5) is 29.7. The molecule has 2 rings (SSSR count). The summed E-state index contributed by atoms with van der Waals surface area (Å²) in [5.41, 5.74) is 1.71. The summed E-state index contributed by atoms with van der Waals surface area (Å²) in [5, 5.41) is 2.57. The number of amides is 1. The summed E-state index contributed by atoms with van der Waals surface area (Å²) >= 11 is 0. The molecule has 1 heterocycles. The van der Waals surface area contributed by atoms with E-state index in [9.17, 15) is 9.59 Å². The molecular formula is C19H21N3O3. The van der Waals surface area contributed by atoms with Crippen molar-refractivity contribution in [2.24, 2.45) is 0 Å². The van der Waals surface area contributed by atoms with Gasteiger partial charge in [0.2, 0.25) is 5.78 Å². The number of hydrogen-bond donors (Lipinski definition) is 1. The minimum absolute atomic E-state index is 0.205. The highest BCUT2D eigenvalue weighted by molar-refractivity contribution is 6.05. The molecule has 1 aromatic carbocycles. The molecular weight excluding hydrogens is 318 g/mol. The number of benzene rings is 1. The van der Waals surface area contributed by atoms with Crippen LogP contribution in [0.4, 0.5) is 10.5 Å². The van der Waals surface area contributed by atoms with Gasteiger partial charge in [0, 0.05) is 6.54 Å². The van der Waals surface area contributed by atoms with Gasteiger partial charge < -0.3 is 9.64 Å². The maximum absolute atomic E-state index is 12.1. The van der Waals surface area contributed by atoms with E-state index in [1.807, 2.05) is 49.3 Å². The first-order valence-corrected chi connectivity index (χ1v) is 7.86. The number of pyridine rings is 1. The molecule has 1 aromatic heterocycles. The Hall–Kier alpha value is -2.99. The Kier molecular flexibility index (Phi) is 6.86. The van der Waals surface area contributed by atoms with Crippen LogP contribution >= 0.6 is 0 Å². The van der Waals surface area contributed by atoms with E-state index < -0.39 is 6.09 Å². The van der Waals surface area contributed by atoms with Gasteiger partial charge in [0.05, 0.1) is 11.9 Å². The summed E-state index contributed by atoms with van der Waals surface area (Å²) in [6.07, 6.45) is 4.08. The fourth-order valence-corrected chi connectivity index (χ4v) is 1.91. The molecule has 0 aliphatic rings. The molecule has 6 heteroatoms. The van der Waals surface area contributed by atoms with Crippen molar-refractivity contribution in [3.63, 3.8) is 0 Å². The Balaban J connectivity index is 1.87. The van der Waals surface area contributed by atoms with Gasteiger partial charge in [-0.05, 0) is 37.9 Å². The lowest BCUT2D eigenvalue weighted by molar-refractivity contribution is 0.104. The molecule has 0 bridgehead atoms. The van der Waals surface area contributed by atoms with Crippen LogP contribution in [0, 0.1) is 0 Å². The Morgan fingerprint density at radius 3 is 2.56 bits per heavy atom. The van der Waals surface area contributed by atoms with Crippen LogP contribution in [0.5, 0.6) is 0 Å². The summed E-state index contributed by atoms with van der Waals surface area (Å²) < 4.78 is 5.02. The number of anilines is 1. The Morgan fingerprint density at radius 1 is 1.16 bits per heavy atom. The van der Waals surface area contributed by atoms with Gasteiger partial charge in [-0.25, -0.2) is 4.79 Å². The lowest BCUT2D eigenvalue weighted by atomic mass is 10.1. The zero-order valence-corrected chi connectivity index (χ0v) is 14.3. The zero-order valence-electron chi connectivity index (χ0n) is 14.3. The number of allylic oxidation sites excluding steroid dienone is 1. The van der Waals surface area contributed by atoms with E-state index in [4.69, 9.17) is 4.74 Å². The van der Waals surface area contributed by atoms with Gasteiger partial charge in [-0.1, -0.05) is 36.4 Å². The first-order chi connectivity index (χ1) is 12.0. The van der Waals surface area contributed by atoms with Gasteiger partial charge in [-0.3, -0.25) is 15.1 Å². The number of hydrogen-bond acceptors (Lipinski definition) is 5. The van der Waals surface area contributed by atoms with Gasteiger partial charge >= 0.3 is 6.09 Å². The molecule has 130 valence electrons. The monoisotopic (exact) mass is 339 g/mol. The summed E-state index contributed by atoms with van der Waals surface area (Å²) in [5.74, 6) is -0.205. The average Bonchev–Trinajstić information content (AvgIpc) is 2.61. The van der Waals surface area contributed by atoms with Crippen molar-refractivity contribution in [1.82, 2.24) is 9.88 Å². The second-order valence-electron chi connectivity index (χ2n) is 5.60. The molecule has 25 heavy (non-hydrogen) atoms. The number of ether oxygens (including phenoxy) is 1. The van der Waals surface area contributed by atoms with Crippen LogP contribution in [0.25, 0.3) is 6.08 Å². The van der Waals surface area contributed by atoms with Crippen molar-refractivity contribution in [3.05, 3.63) is 66.0 Å². The third kappa shape index (κ3) is 6.56. The minimum Gasteiger partial charge on any atom is -0.448 e. The SMILES string of the molecule is CN(C)CCOC(=O)Nc1ccc(C(=O)/C=C/c2ccccc2)nc1. The Labute approximate surface area is 147 Å². The number of nitrogens with zero attached hydrogens (tertiary/aromatic N) is 2. The minimum atomic E-state index is -0.549. The fourth-order valence-electron chi connectivity index (χ4n) is 1.91. The third-order valence-electron chi connectivity index (χ3n) is 3.26. The van der Waals surface area contributed by atoms with Crippen LogP contribution in [-0.2, 0) is 4.74 Å². The molecule has 0 unspecified atom stereocenters. The quantitative estimate of drug-likeness (QED) is 0.620. The molecule has 0 saturated carbocycles. The molecule has 2 aromatic rings. The van der Waals surface area contributed by atoms with Crippen LogP contribution in [0.15, 0.2) is 54.7 Å². The van der Waals surface area contributed by atoms with E-state index >= 15 is 0 Å². The van der Waals surface area contributed by atoms with Crippen LogP contribution in [0.1, 0.15) is 16.1 Å². The highest BCUT2D eigenvalue weighted by Crippen LogP contribution is 2.09. The van der Waals surface area contributed by atoms with Crippen LogP contribution in [0.2, 0.25) is 0 Å². The predicted octanol–water partition coefficient (Wildman–Crippen LogP) is 3.09. The number of aromatic nitrogens is 1. The maximum Gasteiger partial charge on any atom is 0.411 e. The largest absolute Gasteiger partial charge is 0.448 e. The first kappa shape index (κ1) is 18.4. The van der Waals surface area contributed by atoms with Crippen molar-refractivity contribution in [3.8, 4) is 0 Å². The molecule has 0 radical (unpaired) electrons. The molecule has 1 amide bonds. The third-order valence-corrected chi connectivity index (χ3v) is 3.26.